The number of halogens is 1. The molecule has 29 heavy (non-hydrogen) atoms. The van der Waals surface area contributed by atoms with Gasteiger partial charge in [-0.3, -0.25) is 20.4 Å². The molecule has 0 saturated carbocycles. The summed E-state index contributed by atoms with van der Waals surface area (Å²) >= 11 is 3.43. The van der Waals surface area contributed by atoms with Crippen molar-refractivity contribution in [1.82, 2.24) is 10.9 Å². The number of nitrogens with one attached hydrogen (secondary N) is 2. The highest BCUT2D eigenvalue weighted by Gasteiger charge is 2.52. The maximum absolute atomic E-state index is 13.4. The van der Waals surface area contributed by atoms with E-state index >= 15 is 0 Å². The van der Waals surface area contributed by atoms with Gasteiger partial charge in [0.1, 0.15) is 5.78 Å². The summed E-state index contributed by atoms with van der Waals surface area (Å²) < 4.78 is 0.752. The number of hydrogen-bond donors (Lipinski definition) is 3. The third-order valence-electron chi connectivity index (χ3n) is 5.90. The fourth-order valence-corrected chi connectivity index (χ4v) is 4.78. The average Bonchev–Trinajstić information content (AvgIpc) is 3.13. The lowest BCUT2D eigenvalue weighted by molar-refractivity contribution is -0.143. The van der Waals surface area contributed by atoms with E-state index in [-0.39, 0.29) is 30.2 Å². The molecule has 2 aromatic rings. The predicted octanol–water partition coefficient (Wildman–Crippen LogP) is 2.64. The first-order valence-corrected chi connectivity index (χ1v) is 10.5. The van der Waals surface area contributed by atoms with Crippen molar-refractivity contribution >= 4 is 33.3 Å². The molecular weight excluding hydrogens is 434 g/mol. The standard InChI is InChI=1S/C22H24BrN3O3/c1-13-20(14(2)25-24-13)19(27)11-22(29)17-10-16(23)8-9-18(17)26(21(22)28)12-15-6-4-3-5-7-15/h3-10,13-14,20,24-25,29H,11-12H2,1-2H3. The van der Waals surface area contributed by atoms with Gasteiger partial charge in [0.15, 0.2) is 5.60 Å². The number of rotatable bonds is 5. The number of Topliss-reactive ketones (excluding diaryl/α,β-unsaturated/α-hetero) is 1. The first-order chi connectivity index (χ1) is 13.8. The third kappa shape index (κ3) is 3.53. The molecule has 7 heteroatoms. The molecule has 0 radical (unpaired) electrons. The van der Waals surface area contributed by atoms with Gasteiger partial charge in [0, 0.05) is 28.5 Å². The molecule has 1 fully saturated rings. The van der Waals surface area contributed by atoms with Gasteiger partial charge >= 0.3 is 0 Å². The van der Waals surface area contributed by atoms with Crippen LogP contribution in [-0.4, -0.2) is 28.9 Å². The number of hydrazine groups is 1. The minimum Gasteiger partial charge on any atom is -0.375 e. The Morgan fingerprint density at radius 1 is 1.14 bits per heavy atom. The maximum Gasteiger partial charge on any atom is 0.264 e. The van der Waals surface area contributed by atoms with Crippen molar-refractivity contribution in [3.05, 3.63) is 64.1 Å². The van der Waals surface area contributed by atoms with Crippen LogP contribution in [0.2, 0.25) is 0 Å². The van der Waals surface area contributed by atoms with E-state index < -0.39 is 11.5 Å². The summed E-state index contributed by atoms with van der Waals surface area (Å²) in [6.45, 7) is 4.18. The summed E-state index contributed by atoms with van der Waals surface area (Å²) in [7, 11) is 0. The molecule has 3 N–H and O–H groups in total. The molecule has 0 bridgehead atoms. The normalized spacial score (nSPS) is 28.6. The average molecular weight is 458 g/mol. The molecule has 6 nitrogen and oxygen atoms in total. The van der Waals surface area contributed by atoms with E-state index in [9.17, 15) is 14.7 Å². The second-order valence-corrected chi connectivity index (χ2v) is 8.85. The van der Waals surface area contributed by atoms with Crippen LogP contribution in [-0.2, 0) is 21.7 Å². The van der Waals surface area contributed by atoms with Crippen LogP contribution in [0.25, 0.3) is 0 Å². The fraction of sp³-hybridized carbons (Fsp3) is 0.364. The van der Waals surface area contributed by atoms with E-state index in [0.29, 0.717) is 17.8 Å². The Kier molecular flexibility index (Phi) is 5.33. The minimum atomic E-state index is -1.87. The molecule has 0 aliphatic carbocycles. The number of fused-ring (bicyclic) bond motifs is 1. The number of hydrogen-bond acceptors (Lipinski definition) is 5. The highest BCUT2D eigenvalue weighted by molar-refractivity contribution is 9.10. The van der Waals surface area contributed by atoms with Crippen LogP contribution in [0.4, 0.5) is 5.69 Å². The van der Waals surface area contributed by atoms with Crippen LogP contribution in [0.1, 0.15) is 31.4 Å². The summed E-state index contributed by atoms with van der Waals surface area (Å²) in [6.07, 6.45) is -0.247. The number of benzene rings is 2. The Morgan fingerprint density at radius 3 is 2.45 bits per heavy atom. The van der Waals surface area contributed by atoms with Gasteiger partial charge in [-0.2, -0.15) is 0 Å². The van der Waals surface area contributed by atoms with E-state index in [0.717, 1.165) is 10.0 Å². The van der Waals surface area contributed by atoms with Gasteiger partial charge in [-0.15, -0.1) is 0 Å². The van der Waals surface area contributed by atoms with Crippen LogP contribution < -0.4 is 15.8 Å². The lowest BCUT2D eigenvalue weighted by Gasteiger charge is -2.25. The summed E-state index contributed by atoms with van der Waals surface area (Å²) in [5.41, 5.74) is 6.33. The first kappa shape index (κ1) is 20.2. The number of amides is 1. The number of carbonyl (C=O) groups is 2. The Hall–Kier alpha value is -2.06. The summed E-state index contributed by atoms with van der Waals surface area (Å²) in [6, 6.07) is 14.9. The van der Waals surface area contributed by atoms with Crippen LogP contribution in [0.3, 0.4) is 0 Å². The fourth-order valence-electron chi connectivity index (χ4n) is 4.42. The molecule has 3 unspecified atom stereocenters. The molecule has 2 heterocycles. The molecule has 1 amide bonds. The zero-order valence-electron chi connectivity index (χ0n) is 16.4. The molecule has 0 spiro atoms. The quantitative estimate of drug-likeness (QED) is 0.642. The maximum atomic E-state index is 13.4. The zero-order chi connectivity index (χ0) is 20.8. The Bertz CT molecular complexity index is 942. The van der Waals surface area contributed by atoms with Crippen molar-refractivity contribution in [3.63, 3.8) is 0 Å². The lowest BCUT2D eigenvalue weighted by Crippen LogP contribution is -2.44. The molecule has 2 aromatic carbocycles. The Labute approximate surface area is 178 Å². The summed E-state index contributed by atoms with van der Waals surface area (Å²) in [5, 5.41) is 11.5. The number of nitrogens with zero attached hydrogens (tertiary/aromatic N) is 1. The molecule has 0 aromatic heterocycles. The zero-order valence-corrected chi connectivity index (χ0v) is 17.9. The number of carbonyl (C=O) groups excluding carboxylic acids is 2. The second kappa shape index (κ2) is 7.65. The molecule has 1 saturated heterocycles. The van der Waals surface area contributed by atoms with E-state index in [2.05, 4.69) is 26.8 Å². The van der Waals surface area contributed by atoms with Crippen LogP contribution in [0.5, 0.6) is 0 Å². The largest absolute Gasteiger partial charge is 0.375 e. The second-order valence-electron chi connectivity index (χ2n) is 7.93. The van der Waals surface area contributed by atoms with Gasteiger partial charge in [0.25, 0.3) is 5.91 Å². The lowest BCUT2D eigenvalue weighted by atomic mass is 9.82. The van der Waals surface area contributed by atoms with Gasteiger partial charge in [-0.05, 0) is 37.6 Å². The van der Waals surface area contributed by atoms with Crippen molar-refractivity contribution < 1.29 is 14.7 Å². The van der Waals surface area contributed by atoms with Crippen molar-refractivity contribution in [1.29, 1.82) is 0 Å². The summed E-state index contributed by atoms with van der Waals surface area (Å²) in [5.74, 6) is -0.904. The monoisotopic (exact) mass is 457 g/mol. The van der Waals surface area contributed by atoms with Crippen molar-refractivity contribution in [2.45, 2.75) is 44.5 Å². The topological polar surface area (TPSA) is 81.7 Å². The van der Waals surface area contributed by atoms with Crippen LogP contribution >= 0.6 is 15.9 Å². The van der Waals surface area contributed by atoms with E-state index in [1.807, 2.05) is 56.3 Å². The van der Waals surface area contributed by atoms with Gasteiger partial charge < -0.3 is 10.0 Å². The molecular formula is C22H24BrN3O3. The third-order valence-corrected chi connectivity index (χ3v) is 6.39. The van der Waals surface area contributed by atoms with Crippen LogP contribution in [0, 0.1) is 5.92 Å². The Morgan fingerprint density at radius 2 is 1.79 bits per heavy atom. The van der Waals surface area contributed by atoms with E-state index in [1.165, 1.54) is 0 Å². The Balaban J connectivity index is 1.68. The molecule has 152 valence electrons. The smallest absolute Gasteiger partial charge is 0.264 e. The van der Waals surface area contributed by atoms with Crippen molar-refractivity contribution in [2.24, 2.45) is 5.92 Å². The molecule has 4 rings (SSSR count). The number of ketones is 1. The van der Waals surface area contributed by atoms with Gasteiger partial charge in [-0.25, -0.2) is 0 Å². The van der Waals surface area contributed by atoms with Crippen LogP contribution in [0.15, 0.2) is 53.0 Å². The first-order valence-electron chi connectivity index (χ1n) is 9.73. The summed E-state index contributed by atoms with van der Waals surface area (Å²) in [4.78, 5) is 28.1. The highest BCUT2D eigenvalue weighted by atomic mass is 79.9. The minimum absolute atomic E-state index is 0.0694. The van der Waals surface area contributed by atoms with E-state index in [1.54, 1.807) is 11.0 Å². The van der Waals surface area contributed by atoms with Gasteiger partial charge in [0.05, 0.1) is 18.2 Å². The predicted molar refractivity (Wildman–Crippen MR) is 114 cm³/mol. The molecule has 2 aliphatic rings. The number of anilines is 1. The SMILES string of the molecule is CC1NNC(C)C1C(=O)CC1(O)C(=O)N(Cc2ccccc2)c2ccc(Br)cc21. The molecule has 2 aliphatic heterocycles. The van der Waals surface area contributed by atoms with Gasteiger partial charge in [0.2, 0.25) is 0 Å². The number of aliphatic hydroxyl groups is 1. The van der Waals surface area contributed by atoms with Crippen molar-refractivity contribution in [3.8, 4) is 0 Å². The van der Waals surface area contributed by atoms with Gasteiger partial charge in [-0.1, -0.05) is 46.3 Å². The molecule has 3 atom stereocenters. The van der Waals surface area contributed by atoms with Crippen molar-refractivity contribution in [2.75, 3.05) is 4.90 Å². The van der Waals surface area contributed by atoms with E-state index in [4.69, 9.17) is 0 Å². The highest BCUT2D eigenvalue weighted by Crippen LogP contribution is 2.45.